The number of rotatable bonds is 4. The zero-order valence-electron chi connectivity index (χ0n) is 16.4. The van der Waals surface area contributed by atoms with E-state index in [4.69, 9.17) is 0 Å². The first kappa shape index (κ1) is 18.7. The van der Waals surface area contributed by atoms with Crippen molar-refractivity contribution in [3.63, 3.8) is 0 Å². The molecule has 138 valence electrons. The van der Waals surface area contributed by atoms with Gasteiger partial charge >= 0.3 is 0 Å². The van der Waals surface area contributed by atoms with E-state index in [9.17, 15) is 4.79 Å². The van der Waals surface area contributed by atoms with Crippen molar-refractivity contribution in [2.75, 3.05) is 27.2 Å². The molecule has 0 bridgehead atoms. The molecule has 0 N–H and O–H groups in total. The molecule has 1 fully saturated rings. The van der Waals surface area contributed by atoms with Gasteiger partial charge in [-0.05, 0) is 61.7 Å². The van der Waals surface area contributed by atoms with Crippen LogP contribution in [-0.4, -0.2) is 48.9 Å². The zero-order chi connectivity index (χ0) is 18.7. The number of carbonyl (C=O) groups excluding carboxylic acids is 1. The fourth-order valence-electron chi connectivity index (χ4n) is 3.66. The van der Waals surface area contributed by atoms with Crippen molar-refractivity contribution in [2.45, 2.75) is 38.6 Å². The zero-order valence-corrected chi connectivity index (χ0v) is 16.4. The summed E-state index contributed by atoms with van der Waals surface area (Å²) in [6.45, 7) is 6.09. The van der Waals surface area contributed by atoms with Crippen molar-refractivity contribution in [3.8, 4) is 11.1 Å². The third-order valence-electron chi connectivity index (χ3n) is 5.50. The van der Waals surface area contributed by atoms with E-state index in [1.165, 1.54) is 5.56 Å². The van der Waals surface area contributed by atoms with Crippen molar-refractivity contribution in [1.29, 1.82) is 0 Å². The van der Waals surface area contributed by atoms with Gasteiger partial charge in [0.05, 0.1) is 0 Å². The summed E-state index contributed by atoms with van der Waals surface area (Å²) in [6, 6.07) is 17.3. The number of carbonyl (C=O) groups is 1. The number of benzene rings is 2. The molecule has 0 saturated carbocycles. The van der Waals surface area contributed by atoms with E-state index in [-0.39, 0.29) is 5.91 Å². The molecule has 0 aromatic heterocycles. The Kier molecular flexibility index (Phi) is 5.77. The van der Waals surface area contributed by atoms with E-state index >= 15 is 0 Å². The quantitative estimate of drug-likeness (QED) is 0.802. The van der Waals surface area contributed by atoms with Gasteiger partial charge in [-0.2, -0.15) is 0 Å². The van der Waals surface area contributed by atoms with Crippen LogP contribution in [0.25, 0.3) is 11.1 Å². The summed E-state index contributed by atoms with van der Waals surface area (Å²) in [6.07, 6.45) is 2.10. The Bertz CT molecular complexity index is 741. The van der Waals surface area contributed by atoms with E-state index in [0.29, 0.717) is 12.0 Å². The summed E-state index contributed by atoms with van der Waals surface area (Å²) in [5.41, 5.74) is 4.40. The number of hydrogen-bond acceptors (Lipinski definition) is 2. The minimum atomic E-state index is 0.155. The van der Waals surface area contributed by atoms with Gasteiger partial charge < -0.3 is 9.80 Å². The topological polar surface area (TPSA) is 23.6 Å². The van der Waals surface area contributed by atoms with E-state index in [1.54, 1.807) is 0 Å². The molecule has 1 aliphatic heterocycles. The molecule has 2 aromatic rings. The van der Waals surface area contributed by atoms with E-state index < -0.39 is 0 Å². The summed E-state index contributed by atoms with van der Waals surface area (Å²) in [4.78, 5) is 17.2. The minimum absolute atomic E-state index is 0.155. The van der Waals surface area contributed by atoms with Gasteiger partial charge in [-0.3, -0.25) is 4.79 Å². The molecule has 2 aromatic carbocycles. The molecular weight excluding hydrogens is 320 g/mol. The first-order valence-corrected chi connectivity index (χ1v) is 9.62. The summed E-state index contributed by atoms with van der Waals surface area (Å²) in [5.74, 6) is 0.685. The Balaban J connectivity index is 1.74. The first-order chi connectivity index (χ1) is 12.5. The summed E-state index contributed by atoms with van der Waals surface area (Å²) in [7, 11) is 4.24. The van der Waals surface area contributed by atoms with Gasteiger partial charge in [0.25, 0.3) is 5.91 Å². The first-order valence-electron chi connectivity index (χ1n) is 9.62. The van der Waals surface area contributed by atoms with Crippen LogP contribution >= 0.6 is 0 Å². The standard InChI is InChI=1S/C23H30N2O/c1-17(2)18-8-10-19(11-9-18)20-6-5-7-21(16-20)23(26)25-14-12-22(13-15-25)24(3)4/h5-11,16-17,22H,12-15H2,1-4H3. The molecule has 1 amide bonds. The van der Waals surface area contributed by atoms with Crippen LogP contribution in [0.3, 0.4) is 0 Å². The summed E-state index contributed by atoms with van der Waals surface area (Å²) in [5, 5.41) is 0. The fraction of sp³-hybridized carbons (Fsp3) is 0.435. The van der Waals surface area contributed by atoms with Crippen molar-refractivity contribution < 1.29 is 4.79 Å². The second-order valence-corrected chi connectivity index (χ2v) is 7.84. The third-order valence-corrected chi connectivity index (χ3v) is 5.50. The van der Waals surface area contributed by atoms with Crippen LogP contribution in [0, 0.1) is 0 Å². The fourth-order valence-corrected chi connectivity index (χ4v) is 3.66. The van der Waals surface area contributed by atoms with Crippen LogP contribution in [0.1, 0.15) is 48.5 Å². The summed E-state index contributed by atoms with van der Waals surface area (Å²) < 4.78 is 0. The van der Waals surface area contributed by atoms with Gasteiger partial charge in [0.1, 0.15) is 0 Å². The monoisotopic (exact) mass is 350 g/mol. The highest BCUT2D eigenvalue weighted by Gasteiger charge is 2.24. The van der Waals surface area contributed by atoms with Crippen molar-refractivity contribution in [2.24, 2.45) is 0 Å². The average molecular weight is 351 g/mol. The predicted octanol–water partition coefficient (Wildman–Crippen LogP) is 4.64. The third kappa shape index (κ3) is 4.16. The average Bonchev–Trinajstić information content (AvgIpc) is 2.67. The highest BCUT2D eigenvalue weighted by Crippen LogP contribution is 2.24. The summed E-state index contributed by atoms with van der Waals surface area (Å²) >= 11 is 0. The van der Waals surface area contributed by atoms with Crippen molar-refractivity contribution in [3.05, 3.63) is 59.7 Å². The number of amides is 1. The van der Waals surface area contributed by atoms with E-state index in [1.807, 2.05) is 23.1 Å². The van der Waals surface area contributed by atoms with Gasteiger partial charge in [0.15, 0.2) is 0 Å². The molecule has 0 aliphatic carbocycles. The van der Waals surface area contributed by atoms with Gasteiger partial charge in [0.2, 0.25) is 0 Å². The molecule has 3 rings (SSSR count). The lowest BCUT2D eigenvalue weighted by atomic mass is 9.97. The maximum Gasteiger partial charge on any atom is 0.253 e. The number of likely N-dealkylation sites (tertiary alicyclic amines) is 1. The Labute approximate surface area is 157 Å². The molecule has 3 nitrogen and oxygen atoms in total. The van der Waals surface area contributed by atoms with Crippen molar-refractivity contribution >= 4 is 5.91 Å². The predicted molar refractivity (Wildman–Crippen MR) is 109 cm³/mol. The Morgan fingerprint density at radius 2 is 1.65 bits per heavy atom. The van der Waals surface area contributed by atoms with E-state index in [0.717, 1.165) is 42.6 Å². The van der Waals surface area contributed by atoms with Crippen molar-refractivity contribution in [1.82, 2.24) is 9.80 Å². The van der Waals surface area contributed by atoms with Crippen LogP contribution in [0.15, 0.2) is 48.5 Å². The largest absolute Gasteiger partial charge is 0.339 e. The van der Waals surface area contributed by atoms with Gasteiger partial charge in [0, 0.05) is 24.7 Å². The molecule has 0 radical (unpaired) electrons. The second kappa shape index (κ2) is 8.05. The lowest BCUT2D eigenvalue weighted by molar-refractivity contribution is 0.0663. The highest BCUT2D eigenvalue weighted by atomic mass is 16.2. The highest BCUT2D eigenvalue weighted by molar-refractivity contribution is 5.95. The molecule has 1 heterocycles. The van der Waals surface area contributed by atoms with Crippen LogP contribution in [0.5, 0.6) is 0 Å². The van der Waals surface area contributed by atoms with Crippen LogP contribution in [0.2, 0.25) is 0 Å². The normalized spacial score (nSPS) is 15.7. The second-order valence-electron chi connectivity index (χ2n) is 7.84. The molecule has 26 heavy (non-hydrogen) atoms. The minimum Gasteiger partial charge on any atom is -0.339 e. The van der Waals surface area contributed by atoms with Gasteiger partial charge in [-0.15, -0.1) is 0 Å². The molecule has 0 atom stereocenters. The van der Waals surface area contributed by atoms with Crippen LogP contribution in [-0.2, 0) is 0 Å². The molecule has 1 aliphatic rings. The van der Waals surface area contributed by atoms with Crippen LogP contribution in [0.4, 0.5) is 0 Å². The molecular formula is C23H30N2O. The SMILES string of the molecule is CC(C)c1ccc(-c2cccc(C(=O)N3CCC(N(C)C)CC3)c2)cc1. The maximum absolute atomic E-state index is 12.9. The Hall–Kier alpha value is -2.13. The Morgan fingerprint density at radius 3 is 2.23 bits per heavy atom. The smallest absolute Gasteiger partial charge is 0.253 e. The molecule has 1 saturated heterocycles. The molecule has 0 spiro atoms. The number of hydrogen-bond donors (Lipinski definition) is 0. The number of piperidine rings is 1. The molecule has 3 heteroatoms. The van der Waals surface area contributed by atoms with Gasteiger partial charge in [-0.1, -0.05) is 50.2 Å². The lowest BCUT2D eigenvalue weighted by Crippen LogP contribution is -2.44. The number of nitrogens with zero attached hydrogens (tertiary/aromatic N) is 2. The maximum atomic E-state index is 12.9. The Morgan fingerprint density at radius 1 is 1.00 bits per heavy atom. The van der Waals surface area contributed by atoms with Crippen LogP contribution < -0.4 is 0 Å². The molecule has 0 unspecified atom stereocenters. The van der Waals surface area contributed by atoms with E-state index in [2.05, 4.69) is 63.2 Å². The van der Waals surface area contributed by atoms with Gasteiger partial charge in [-0.25, -0.2) is 0 Å². The lowest BCUT2D eigenvalue weighted by Gasteiger charge is -2.35.